The van der Waals surface area contributed by atoms with Gasteiger partial charge in [0.05, 0.1) is 11.1 Å². The molecule has 0 unspecified atom stereocenters. The van der Waals surface area contributed by atoms with Crippen LogP contribution in [0.25, 0.3) is 0 Å². The second kappa shape index (κ2) is 4.97. The fraction of sp³-hybridized carbons (Fsp3) is 0.250. The maximum absolute atomic E-state index is 10.7. The van der Waals surface area contributed by atoms with E-state index in [-0.39, 0.29) is 5.69 Å². The van der Waals surface area contributed by atoms with Crippen LogP contribution in [0.1, 0.15) is 11.1 Å². The Kier molecular flexibility index (Phi) is 3.37. The van der Waals surface area contributed by atoms with E-state index in [9.17, 15) is 10.1 Å². The second-order valence-corrected chi connectivity index (χ2v) is 4.29. The van der Waals surface area contributed by atoms with Crippen molar-refractivity contribution < 1.29 is 4.92 Å². The van der Waals surface area contributed by atoms with E-state index in [2.05, 4.69) is 10.4 Å². The number of nitro groups is 1. The summed E-state index contributed by atoms with van der Waals surface area (Å²) in [7, 11) is 1.77. The summed E-state index contributed by atoms with van der Waals surface area (Å²) in [5.41, 5.74) is 8.27. The Bertz CT molecular complexity index is 621. The molecular formula is C12H15N5O2. The zero-order chi connectivity index (χ0) is 14.0. The molecule has 0 saturated heterocycles. The summed E-state index contributed by atoms with van der Waals surface area (Å²) in [6, 6.07) is 4.91. The zero-order valence-electron chi connectivity index (χ0n) is 10.8. The number of hydrogen-bond acceptors (Lipinski definition) is 5. The van der Waals surface area contributed by atoms with Crippen molar-refractivity contribution in [2.45, 2.75) is 13.5 Å². The lowest BCUT2D eigenvalue weighted by atomic mass is 10.2. The highest BCUT2D eigenvalue weighted by Gasteiger charge is 2.10. The Morgan fingerprint density at radius 2 is 2.26 bits per heavy atom. The molecule has 0 radical (unpaired) electrons. The van der Waals surface area contributed by atoms with Gasteiger partial charge in [0.25, 0.3) is 5.69 Å². The van der Waals surface area contributed by atoms with Gasteiger partial charge >= 0.3 is 0 Å². The minimum absolute atomic E-state index is 0.117. The van der Waals surface area contributed by atoms with Gasteiger partial charge in [0.2, 0.25) is 0 Å². The SMILES string of the molecule is Cc1cc(NCc2cnn(C)c2N)ccc1[N+](=O)[O-]. The normalized spacial score (nSPS) is 10.4. The number of anilines is 2. The third-order valence-corrected chi connectivity index (χ3v) is 2.94. The minimum Gasteiger partial charge on any atom is -0.384 e. The Morgan fingerprint density at radius 3 is 2.79 bits per heavy atom. The van der Waals surface area contributed by atoms with Gasteiger partial charge in [-0.3, -0.25) is 14.8 Å². The van der Waals surface area contributed by atoms with Crippen molar-refractivity contribution in [3.63, 3.8) is 0 Å². The summed E-state index contributed by atoms with van der Waals surface area (Å²) in [5.74, 6) is 0.603. The highest BCUT2D eigenvalue weighted by Crippen LogP contribution is 2.22. The third kappa shape index (κ3) is 2.65. The third-order valence-electron chi connectivity index (χ3n) is 2.94. The largest absolute Gasteiger partial charge is 0.384 e. The van der Waals surface area contributed by atoms with Crippen LogP contribution in [0.3, 0.4) is 0 Å². The average molecular weight is 261 g/mol. The molecule has 1 aromatic heterocycles. The van der Waals surface area contributed by atoms with Crippen LogP contribution in [-0.2, 0) is 13.6 Å². The smallest absolute Gasteiger partial charge is 0.272 e. The molecule has 0 atom stereocenters. The van der Waals surface area contributed by atoms with Gasteiger partial charge in [0.15, 0.2) is 0 Å². The van der Waals surface area contributed by atoms with E-state index in [0.29, 0.717) is 17.9 Å². The average Bonchev–Trinajstić information content (AvgIpc) is 2.67. The number of nitrogens with one attached hydrogen (secondary N) is 1. The summed E-state index contributed by atoms with van der Waals surface area (Å²) in [5, 5.41) is 17.9. The van der Waals surface area contributed by atoms with Crippen LogP contribution in [-0.4, -0.2) is 14.7 Å². The highest BCUT2D eigenvalue weighted by atomic mass is 16.6. The first-order valence-corrected chi connectivity index (χ1v) is 5.74. The Morgan fingerprint density at radius 1 is 1.53 bits per heavy atom. The molecule has 7 heteroatoms. The van der Waals surface area contributed by atoms with Crippen molar-refractivity contribution >= 4 is 17.2 Å². The fourth-order valence-electron chi connectivity index (χ4n) is 1.80. The highest BCUT2D eigenvalue weighted by molar-refractivity contribution is 5.54. The van der Waals surface area contributed by atoms with Crippen LogP contribution in [0.5, 0.6) is 0 Å². The van der Waals surface area contributed by atoms with Gasteiger partial charge in [0, 0.05) is 36.5 Å². The molecule has 19 heavy (non-hydrogen) atoms. The molecule has 0 bridgehead atoms. The predicted octanol–water partition coefficient (Wildman–Crippen LogP) is 1.83. The van der Waals surface area contributed by atoms with E-state index >= 15 is 0 Å². The summed E-state index contributed by atoms with van der Waals surface area (Å²) >= 11 is 0. The molecule has 0 aliphatic rings. The van der Waals surface area contributed by atoms with Gasteiger partial charge in [-0.2, -0.15) is 5.10 Å². The van der Waals surface area contributed by atoms with E-state index in [1.54, 1.807) is 37.0 Å². The number of aryl methyl sites for hydroxylation is 2. The summed E-state index contributed by atoms with van der Waals surface area (Å²) in [6.07, 6.45) is 1.70. The molecule has 2 aromatic rings. The zero-order valence-corrected chi connectivity index (χ0v) is 10.8. The molecule has 0 saturated carbocycles. The van der Waals surface area contributed by atoms with Crippen molar-refractivity contribution in [2.24, 2.45) is 7.05 Å². The van der Waals surface area contributed by atoms with Gasteiger partial charge in [0.1, 0.15) is 5.82 Å². The van der Waals surface area contributed by atoms with Gasteiger partial charge in [-0.05, 0) is 19.1 Å². The molecule has 1 aromatic carbocycles. The van der Waals surface area contributed by atoms with Crippen molar-refractivity contribution in [1.29, 1.82) is 0 Å². The predicted molar refractivity (Wildman–Crippen MR) is 72.8 cm³/mol. The van der Waals surface area contributed by atoms with Crippen molar-refractivity contribution in [1.82, 2.24) is 9.78 Å². The number of aromatic nitrogens is 2. The van der Waals surface area contributed by atoms with Crippen molar-refractivity contribution in [3.05, 3.63) is 45.6 Å². The standard InChI is InChI=1S/C12H15N5O2/c1-8-5-10(3-4-11(8)17(18)19)14-6-9-7-15-16(2)12(9)13/h3-5,7,14H,6,13H2,1-2H3. The summed E-state index contributed by atoms with van der Waals surface area (Å²) in [6.45, 7) is 2.23. The maximum Gasteiger partial charge on any atom is 0.272 e. The Hall–Kier alpha value is -2.57. The molecule has 0 amide bonds. The first-order chi connectivity index (χ1) is 8.99. The molecule has 0 spiro atoms. The van der Waals surface area contributed by atoms with Gasteiger partial charge in [-0.1, -0.05) is 0 Å². The van der Waals surface area contributed by atoms with E-state index in [0.717, 1.165) is 11.3 Å². The first-order valence-electron chi connectivity index (χ1n) is 5.74. The van der Waals surface area contributed by atoms with Crippen molar-refractivity contribution in [3.8, 4) is 0 Å². The van der Waals surface area contributed by atoms with Gasteiger partial charge < -0.3 is 11.1 Å². The second-order valence-electron chi connectivity index (χ2n) is 4.29. The lowest BCUT2D eigenvalue weighted by molar-refractivity contribution is -0.385. The van der Waals surface area contributed by atoms with E-state index in [1.165, 1.54) is 6.07 Å². The number of nitrogens with zero attached hydrogens (tertiary/aromatic N) is 3. The van der Waals surface area contributed by atoms with Gasteiger partial charge in [-0.25, -0.2) is 0 Å². The van der Waals surface area contributed by atoms with Crippen molar-refractivity contribution in [2.75, 3.05) is 11.1 Å². The quantitative estimate of drug-likeness (QED) is 0.646. The molecule has 0 aliphatic heterocycles. The molecule has 7 nitrogen and oxygen atoms in total. The molecule has 0 fully saturated rings. The molecule has 0 aliphatic carbocycles. The van der Waals surface area contributed by atoms with E-state index in [4.69, 9.17) is 5.73 Å². The van der Waals surface area contributed by atoms with Crippen LogP contribution in [0.2, 0.25) is 0 Å². The first kappa shape index (κ1) is 12.9. The van der Waals surface area contributed by atoms with Crippen LogP contribution in [0, 0.1) is 17.0 Å². The topological polar surface area (TPSA) is 99.0 Å². The van der Waals surface area contributed by atoms with Crippen LogP contribution < -0.4 is 11.1 Å². The van der Waals surface area contributed by atoms with Crippen LogP contribution >= 0.6 is 0 Å². The lowest BCUT2D eigenvalue weighted by Crippen LogP contribution is -2.04. The van der Waals surface area contributed by atoms with Gasteiger partial charge in [-0.15, -0.1) is 0 Å². The van der Waals surface area contributed by atoms with Crippen LogP contribution in [0.15, 0.2) is 24.4 Å². The summed E-state index contributed by atoms with van der Waals surface area (Å²) < 4.78 is 1.60. The number of benzene rings is 1. The van der Waals surface area contributed by atoms with E-state index < -0.39 is 4.92 Å². The Balaban J connectivity index is 2.10. The maximum atomic E-state index is 10.7. The molecule has 1 heterocycles. The Labute approximate surface area is 110 Å². The number of nitrogens with two attached hydrogens (primary N) is 1. The molecule has 2 rings (SSSR count). The number of rotatable bonds is 4. The molecule has 100 valence electrons. The number of hydrogen-bond donors (Lipinski definition) is 2. The molecule has 3 N–H and O–H groups in total. The van der Waals surface area contributed by atoms with E-state index in [1.807, 2.05) is 0 Å². The number of nitro benzene ring substituents is 1. The monoisotopic (exact) mass is 261 g/mol. The lowest BCUT2D eigenvalue weighted by Gasteiger charge is -2.07. The number of nitrogen functional groups attached to an aromatic ring is 1. The van der Waals surface area contributed by atoms with Crippen LogP contribution in [0.4, 0.5) is 17.2 Å². The minimum atomic E-state index is -0.391. The molecular weight excluding hydrogens is 246 g/mol. The fourth-order valence-corrected chi connectivity index (χ4v) is 1.80. The summed E-state index contributed by atoms with van der Waals surface area (Å²) in [4.78, 5) is 10.3.